The number of carbonyl (C=O) groups is 7. The molecule has 14 heteroatoms. The number of hydrogen-bond acceptors (Lipinski definition) is 12. The highest BCUT2D eigenvalue weighted by atomic mass is 16.6. The second-order valence-electron chi connectivity index (χ2n) is 13.9. The summed E-state index contributed by atoms with van der Waals surface area (Å²) in [6.07, 6.45) is -0.630. The van der Waals surface area contributed by atoms with Gasteiger partial charge in [-0.25, -0.2) is 0 Å². The number of aromatic hydroxyl groups is 1. The molecule has 0 spiro atoms. The molecular weight excluding hydrogens is 662 g/mol. The Morgan fingerprint density at radius 3 is 2.18 bits per heavy atom. The Morgan fingerprint density at radius 2 is 1.59 bits per heavy atom. The molecule has 0 aromatic heterocycles. The minimum absolute atomic E-state index is 0.0118. The smallest absolute Gasteiger partial charge is 0.270 e. The normalized spacial score (nSPS) is 27.3. The Balaban J connectivity index is 1.39. The van der Waals surface area contributed by atoms with Crippen LogP contribution in [0.2, 0.25) is 0 Å². The van der Waals surface area contributed by atoms with E-state index >= 15 is 0 Å². The monoisotopic (exact) mass is 693 g/mol. The lowest BCUT2D eigenvalue weighted by atomic mass is 9.52. The molecule has 3 aromatic rings. The zero-order chi connectivity index (χ0) is 36.8. The van der Waals surface area contributed by atoms with Crippen molar-refractivity contribution in [3.63, 3.8) is 0 Å². The molecule has 4 aliphatic rings. The molecule has 0 heterocycles. The number of primary amides is 1. The molecule has 3 aromatic carbocycles. The summed E-state index contributed by atoms with van der Waals surface area (Å²) in [6.45, 7) is 0. The van der Waals surface area contributed by atoms with E-state index in [0.717, 1.165) is 0 Å². The number of nitro groups is 1. The number of fused-ring (bicyclic) bond motifs is 4. The van der Waals surface area contributed by atoms with Gasteiger partial charge in [-0.2, -0.15) is 0 Å². The summed E-state index contributed by atoms with van der Waals surface area (Å²) in [7, 11) is 2.96. The molecule has 1 amide bonds. The van der Waals surface area contributed by atoms with Crippen LogP contribution in [-0.4, -0.2) is 86.4 Å². The Hall–Kier alpha value is -5.73. The van der Waals surface area contributed by atoms with Crippen molar-refractivity contribution in [3.05, 3.63) is 92.5 Å². The van der Waals surface area contributed by atoms with Crippen LogP contribution in [0, 0.1) is 39.7 Å². The lowest BCUT2D eigenvalue weighted by Crippen LogP contribution is -2.74. The van der Waals surface area contributed by atoms with Crippen LogP contribution in [0.15, 0.2) is 54.6 Å². The first-order valence-electron chi connectivity index (χ1n) is 16.2. The molecule has 4 N–H and O–H groups in total. The van der Waals surface area contributed by atoms with Gasteiger partial charge in [-0.3, -0.25) is 48.6 Å². The van der Waals surface area contributed by atoms with Gasteiger partial charge in [-0.1, -0.05) is 36.4 Å². The van der Waals surface area contributed by atoms with Gasteiger partial charge in [0.2, 0.25) is 5.91 Å². The third-order valence-electron chi connectivity index (χ3n) is 11.0. The number of ketones is 6. The molecule has 2 unspecified atom stereocenters. The quantitative estimate of drug-likeness (QED) is 0.190. The van der Waals surface area contributed by atoms with Crippen molar-refractivity contribution in [3.8, 4) is 16.9 Å². The van der Waals surface area contributed by atoms with Gasteiger partial charge in [0.1, 0.15) is 5.75 Å². The lowest BCUT2D eigenvalue weighted by molar-refractivity contribution is -0.384. The second kappa shape index (κ2) is 11.7. The molecule has 14 nitrogen and oxygen atoms in total. The fraction of sp³-hybridized carbons (Fsp3) is 0.324. The Morgan fingerprint density at radius 1 is 0.941 bits per heavy atom. The number of likely N-dealkylation sites (N-methyl/N-ethyl adjacent to an activating group) is 1. The molecule has 51 heavy (non-hydrogen) atoms. The molecule has 0 radical (unpaired) electrons. The predicted octanol–water partition coefficient (Wildman–Crippen LogP) is 1.68. The van der Waals surface area contributed by atoms with Crippen LogP contribution in [0.3, 0.4) is 0 Å². The van der Waals surface area contributed by atoms with Crippen LogP contribution >= 0.6 is 0 Å². The second-order valence-corrected chi connectivity index (χ2v) is 13.9. The van der Waals surface area contributed by atoms with Crippen LogP contribution in [0.1, 0.15) is 48.6 Å². The van der Waals surface area contributed by atoms with Crippen molar-refractivity contribution in [1.82, 2.24) is 4.90 Å². The van der Waals surface area contributed by atoms with E-state index in [0.29, 0.717) is 0 Å². The number of phenolic OH excluding ortho intramolecular Hbond substituents is 1. The number of nitrogens with two attached hydrogens (primary N) is 1. The van der Waals surface area contributed by atoms with E-state index < -0.39 is 92.5 Å². The number of carbonyl (C=O) groups excluding carboxylic acids is 7. The highest BCUT2D eigenvalue weighted by molar-refractivity contribution is 6.32. The van der Waals surface area contributed by atoms with E-state index in [-0.39, 0.29) is 63.9 Å². The highest BCUT2D eigenvalue weighted by Crippen LogP contribution is 2.52. The minimum Gasteiger partial charge on any atom is -0.507 e. The van der Waals surface area contributed by atoms with Crippen LogP contribution in [-0.2, 0) is 32.0 Å². The maximum Gasteiger partial charge on any atom is 0.270 e. The van der Waals surface area contributed by atoms with Crippen molar-refractivity contribution < 1.29 is 48.7 Å². The molecule has 4 aliphatic carbocycles. The van der Waals surface area contributed by atoms with Crippen molar-refractivity contribution in [2.24, 2.45) is 35.3 Å². The number of phenols is 1. The molecule has 2 saturated carbocycles. The molecule has 260 valence electrons. The number of hydrogen-bond donors (Lipinski definition) is 3. The van der Waals surface area contributed by atoms with E-state index in [9.17, 15) is 53.9 Å². The molecule has 0 aliphatic heterocycles. The van der Waals surface area contributed by atoms with Gasteiger partial charge >= 0.3 is 0 Å². The number of nitro benzene ring substituents is 1. The lowest BCUT2D eigenvalue weighted by Gasteiger charge is -2.52. The largest absolute Gasteiger partial charge is 0.507 e. The zero-order valence-electron chi connectivity index (χ0n) is 27.3. The minimum atomic E-state index is -2.93. The molecule has 6 atom stereocenters. The number of rotatable bonds is 6. The third kappa shape index (κ3) is 4.73. The van der Waals surface area contributed by atoms with Crippen LogP contribution in [0.25, 0.3) is 11.1 Å². The first-order chi connectivity index (χ1) is 24.1. The number of aliphatic hydroxyl groups is 1. The molecule has 0 saturated heterocycles. The van der Waals surface area contributed by atoms with Gasteiger partial charge in [0.05, 0.1) is 28.4 Å². The fourth-order valence-electron chi connectivity index (χ4n) is 8.74. The van der Waals surface area contributed by atoms with Crippen LogP contribution < -0.4 is 5.73 Å². The average molecular weight is 694 g/mol. The molecular formula is C37H31N3O11. The van der Waals surface area contributed by atoms with E-state index in [1.54, 1.807) is 18.2 Å². The summed E-state index contributed by atoms with van der Waals surface area (Å²) in [5.74, 6) is -14.7. The summed E-state index contributed by atoms with van der Waals surface area (Å²) in [6, 6.07) is 11.9. The van der Waals surface area contributed by atoms with Crippen LogP contribution in [0.5, 0.6) is 5.75 Å². The number of Topliss-reactive ketones (excluding diaryl/α,β-unsaturated/α-hetero) is 6. The maximum absolute atomic E-state index is 14.5. The Labute approximate surface area is 289 Å². The first-order valence-corrected chi connectivity index (χ1v) is 16.2. The van der Waals surface area contributed by atoms with Gasteiger partial charge < -0.3 is 15.9 Å². The van der Waals surface area contributed by atoms with Crippen molar-refractivity contribution in [1.29, 1.82) is 0 Å². The van der Waals surface area contributed by atoms with Crippen molar-refractivity contribution >= 4 is 46.3 Å². The summed E-state index contributed by atoms with van der Waals surface area (Å²) >= 11 is 0. The number of non-ortho nitro benzene ring substituents is 1. The first kappa shape index (κ1) is 33.8. The SMILES string of the molecule is CN(C)[C@@H]1C(=O)C(C(N)=O)C(=O)[C@@]2(O)C(=O)C3C(=O)c4c(O)c(CC5C(=O)c6ccccc6C5=O)cc(-c5cccc([N+](=O)[O-])c5)c4C[C@H]3C[C@@H]12. The fourth-order valence-corrected chi connectivity index (χ4v) is 8.74. The van der Waals surface area contributed by atoms with Gasteiger partial charge in [-0.05, 0) is 67.6 Å². The van der Waals surface area contributed by atoms with Crippen molar-refractivity contribution in [2.75, 3.05) is 14.1 Å². The van der Waals surface area contributed by atoms with E-state index in [1.165, 1.54) is 55.4 Å². The molecule has 2 fully saturated rings. The summed E-state index contributed by atoms with van der Waals surface area (Å²) in [5, 5.41) is 35.4. The molecule has 0 bridgehead atoms. The predicted molar refractivity (Wildman–Crippen MR) is 176 cm³/mol. The highest BCUT2D eigenvalue weighted by Gasteiger charge is 2.69. The number of nitrogens with zero attached hydrogens (tertiary/aromatic N) is 2. The Kier molecular flexibility index (Phi) is 7.72. The average Bonchev–Trinajstić information content (AvgIpc) is 3.32. The summed E-state index contributed by atoms with van der Waals surface area (Å²) in [4.78, 5) is 107. The molecule has 7 rings (SSSR count). The summed E-state index contributed by atoms with van der Waals surface area (Å²) < 4.78 is 0. The van der Waals surface area contributed by atoms with Gasteiger partial charge in [0, 0.05) is 29.2 Å². The van der Waals surface area contributed by atoms with Crippen molar-refractivity contribution in [2.45, 2.75) is 30.9 Å². The van der Waals surface area contributed by atoms with Gasteiger partial charge in [0.25, 0.3) is 5.69 Å². The Bertz CT molecular complexity index is 2140. The maximum atomic E-state index is 14.5. The zero-order valence-corrected chi connectivity index (χ0v) is 27.3. The van der Waals surface area contributed by atoms with Crippen LogP contribution in [0.4, 0.5) is 5.69 Å². The third-order valence-corrected chi connectivity index (χ3v) is 11.0. The van der Waals surface area contributed by atoms with E-state index in [4.69, 9.17) is 5.73 Å². The van der Waals surface area contributed by atoms with E-state index in [2.05, 4.69) is 0 Å². The number of amides is 1. The van der Waals surface area contributed by atoms with Gasteiger partial charge in [0.15, 0.2) is 46.2 Å². The number of benzene rings is 3. The summed E-state index contributed by atoms with van der Waals surface area (Å²) in [5.41, 5.74) is 3.01. The topological polar surface area (TPSA) is 232 Å². The standard InChI is InChI=1S/C37H31N3O11/c1-39(2)28-24-14-16-11-22-21(15-6-5-7-18(10-15)40(50)51)12-17(13-23-30(42)19-8-3-4-9-20(19)31(23)43)29(41)26(22)32(44)25(16)34(46)37(24,49)35(47)27(33(28)45)36(38)48/h3-10,12,16,23-25,27-28,41,49H,11,13-14H2,1-2H3,(H2,38,48)/t16-,24-,25?,27?,28-,37-/m0/s1. The van der Waals surface area contributed by atoms with E-state index in [1.807, 2.05) is 0 Å². The van der Waals surface area contributed by atoms with Gasteiger partial charge in [-0.15, -0.1) is 0 Å².